The molecule has 0 aliphatic rings. The Hall–Kier alpha value is -1.59. The highest BCUT2D eigenvalue weighted by Gasteiger charge is 2.34. The number of carbonyl (C=O) groups is 3. The van der Waals surface area contributed by atoms with E-state index in [4.69, 9.17) is 10.2 Å². The van der Waals surface area contributed by atoms with E-state index in [1.807, 2.05) is 0 Å². The normalized spacial score (nSPS) is 13.2. The summed E-state index contributed by atoms with van der Waals surface area (Å²) < 4.78 is 0. The Labute approximate surface area is 169 Å². The molecule has 6 heteroatoms. The molecule has 6 nitrogen and oxygen atoms in total. The molecular weight excluding hydrogens is 360 g/mol. The second-order valence-electron chi connectivity index (χ2n) is 7.87. The Kier molecular flexibility index (Phi) is 16.5. The molecule has 28 heavy (non-hydrogen) atoms. The number of hydrogen-bond acceptors (Lipinski definition) is 3. The summed E-state index contributed by atoms with van der Waals surface area (Å²) >= 11 is 0. The molecule has 0 saturated carbocycles. The maximum Gasteiger partial charge on any atom is 0.307 e. The number of carboxylic acids is 3. The Morgan fingerprint density at radius 1 is 0.571 bits per heavy atom. The number of rotatable bonds is 20. The second-order valence-corrected chi connectivity index (χ2v) is 7.87. The second kappa shape index (κ2) is 17.5. The quantitative estimate of drug-likeness (QED) is 0.225. The van der Waals surface area contributed by atoms with E-state index in [-0.39, 0.29) is 6.42 Å². The van der Waals surface area contributed by atoms with Crippen LogP contribution in [0.15, 0.2) is 0 Å². The molecule has 0 rings (SSSR count). The molecule has 164 valence electrons. The lowest BCUT2D eigenvalue weighted by Crippen LogP contribution is -2.31. The Balaban J connectivity index is 3.74. The summed E-state index contributed by atoms with van der Waals surface area (Å²) in [4.78, 5) is 33.3. The van der Waals surface area contributed by atoms with Gasteiger partial charge in [0.1, 0.15) is 0 Å². The number of hydrogen-bond donors (Lipinski definition) is 3. The van der Waals surface area contributed by atoms with Gasteiger partial charge in [-0.1, -0.05) is 96.8 Å². The monoisotopic (exact) mass is 400 g/mol. The van der Waals surface area contributed by atoms with Crippen molar-refractivity contribution in [2.24, 2.45) is 11.8 Å². The van der Waals surface area contributed by atoms with Gasteiger partial charge in [0.15, 0.2) is 0 Å². The SMILES string of the molecule is CCCCCCCCCCCCCCCCC(C(=O)O)C(CC(=O)O)C(=O)O. The lowest BCUT2D eigenvalue weighted by Gasteiger charge is -2.18. The summed E-state index contributed by atoms with van der Waals surface area (Å²) in [7, 11) is 0. The van der Waals surface area contributed by atoms with Crippen molar-refractivity contribution < 1.29 is 29.7 Å². The molecule has 0 amide bonds. The van der Waals surface area contributed by atoms with Crippen molar-refractivity contribution in [3.63, 3.8) is 0 Å². The average molecular weight is 401 g/mol. The molecule has 0 bridgehead atoms. The summed E-state index contributed by atoms with van der Waals surface area (Å²) in [6.07, 6.45) is 16.3. The fraction of sp³-hybridized carbons (Fsp3) is 0.864. The van der Waals surface area contributed by atoms with Crippen LogP contribution in [0.25, 0.3) is 0 Å². The largest absolute Gasteiger partial charge is 0.481 e. The average Bonchev–Trinajstić information content (AvgIpc) is 2.63. The lowest BCUT2D eigenvalue weighted by molar-refractivity contribution is -0.157. The number of carboxylic acid groups (broad SMARTS) is 3. The summed E-state index contributed by atoms with van der Waals surface area (Å²) in [6, 6.07) is 0. The first-order valence-corrected chi connectivity index (χ1v) is 11.1. The third-order valence-electron chi connectivity index (χ3n) is 5.38. The number of aliphatic carboxylic acids is 3. The smallest absolute Gasteiger partial charge is 0.307 e. The van der Waals surface area contributed by atoms with E-state index < -0.39 is 36.2 Å². The van der Waals surface area contributed by atoms with Gasteiger partial charge >= 0.3 is 17.9 Å². The zero-order valence-electron chi connectivity index (χ0n) is 17.5. The minimum atomic E-state index is -1.36. The van der Waals surface area contributed by atoms with Crippen molar-refractivity contribution in [3.8, 4) is 0 Å². The van der Waals surface area contributed by atoms with Crippen LogP contribution < -0.4 is 0 Å². The van der Waals surface area contributed by atoms with Crippen LogP contribution in [-0.2, 0) is 14.4 Å². The lowest BCUT2D eigenvalue weighted by atomic mass is 9.85. The molecule has 0 aromatic carbocycles. The van der Waals surface area contributed by atoms with E-state index in [0.29, 0.717) is 6.42 Å². The van der Waals surface area contributed by atoms with E-state index in [1.165, 1.54) is 64.2 Å². The standard InChI is InChI=1S/C22H40O6/c1-2-3-4-5-6-7-8-9-10-11-12-13-14-15-16-18(21(25)26)19(22(27)28)17-20(23)24/h18-19H,2-17H2,1H3,(H,23,24)(H,25,26)(H,27,28). The van der Waals surface area contributed by atoms with E-state index in [2.05, 4.69) is 6.92 Å². The van der Waals surface area contributed by atoms with Crippen LogP contribution >= 0.6 is 0 Å². The fourth-order valence-corrected chi connectivity index (χ4v) is 3.65. The minimum Gasteiger partial charge on any atom is -0.481 e. The predicted octanol–water partition coefficient (Wildman–Crippen LogP) is 5.73. The molecular formula is C22H40O6. The molecule has 0 aliphatic heterocycles. The highest BCUT2D eigenvalue weighted by molar-refractivity contribution is 5.83. The van der Waals surface area contributed by atoms with Crippen LogP contribution in [0.1, 0.15) is 110 Å². The summed E-state index contributed by atoms with van der Waals surface area (Å²) in [5.41, 5.74) is 0. The van der Waals surface area contributed by atoms with Gasteiger partial charge in [-0.3, -0.25) is 14.4 Å². The van der Waals surface area contributed by atoms with Crippen molar-refractivity contribution in [3.05, 3.63) is 0 Å². The van der Waals surface area contributed by atoms with E-state index in [0.717, 1.165) is 19.3 Å². The maximum absolute atomic E-state index is 11.3. The molecule has 2 unspecified atom stereocenters. The van der Waals surface area contributed by atoms with Crippen molar-refractivity contribution in [1.82, 2.24) is 0 Å². The third kappa shape index (κ3) is 14.5. The van der Waals surface area contributed by atoms with E-state index >= 15 is 0 Å². The molecule has 0 aromatic rings. The Bertz CT molecular complexity index is 435. The molecule has 0 fully saturated rings. The first-order valence-electron chi connectivity index (χ1n) is 11.1. The van der Waals surface area contributed by atoms with Gasteiger partial charge in [0.25, 0.3) is 0 Å². The molecule has 2 atom stereocenters. The maximum atomic E-state index is 11.3. The van der Waals surface area contributed by atoms with Crippen LogP contribution in [0, 0.1) is 11.8 Å². The highest BCUT2D eigenvalue weighted by Crippen LogP contribution is 2.24. The van der Waals surface area contributed by atoms with Gasteiger partial charge in [0.05, 0.1) is 18.3 Å². The van der Waals surface area contributed by atoms with Gasteiger partial charge in [0.2, 0.25) is 0 Å². The fourth-order valence-electron chi connectivity index (χ4n) is 3.65. The molecule has 0 heterocycles. The molecule has 0 saturated heterocycles. The van der Waals surface area contributed by atoms with Crippen molar-refractivity contribution in [2.45, 2.75) is 110 Å². The summed E-state index contributed by atoms with van der Waals surface area (Å²) in [6.45, 7) is 2.23. The van der Waals surface area contributed by atoms with Crippen LogP contribution in [0.4, 0.5) is 0 Å². The Morgan fingerprint density at radius 3 is 1.25 bits per heavy atom. The highest BCUT2D eigenvalue weighted by atomic mass is 16.4. The van der Waals surface area contributed by atoms with Crippen molar-refractivity contribution in [1.29, 1.82) is 0 Å². The minimum absolute atomic E-state index is 0.220. The van der Waals surface area contributed by atoms with Gasteiger partial charge < -0.3 is 15.3 Å². The van der Waals surface area contributed by atoms with Gasteiger partial charge in [-0.25, -0.2) is 0 Å². The Morgan fingerprint density at radius 2 is 0.929 bits per heavy atom. The van der Waals surface area contributed by atoms with Gasteiger partial charge in [-0.05, 0) is 6.42 Å². The van der Waals surface area contributed by atoms with Gasteiger partial charge in [-0.2, -0.15) is 0 Å². The third-order valence-corrected chi connectivity index (χ3v) is 5.38. The topological polar surface area (TPSA) is 112 Å². The zero-order chi connectivity index (χ0) is 21.2. The zero-order valence-corrected chi connectivity index (χ0v) is 17.5. The molecule has 3 N–H and O–H groups in total. The van der Waals surface area contributed by atoms with Crippen LogP contribution in [0.2, 0.25) is 0 Å². The van der Waals surface area contributed by atoms with Crippen molar-refractivity contribution >= 4 is 17.9 Å². The summed E-state index contributed by atoms with van der Waals surface area (Å²) in [5.74, 6) is -6.34. The molecule has 0 radical (unpaired) electrons. The molecule has 0 aliphatic carbocycles. The van der Waals surface area contributed by atoms with Crippen molar-refractivity contribution in [2.75, 3.05) is 0 Å². The molecule has 0 aromatic heterocycles. The molecule has 0 spiro atoms. The predicted molar refractivity (Wildman–Crippen MR) is 109 cm³/mol. The van der Waals surface area contributed by atoms with Crippen LogP contribution in [0.3, 0.4) is 0 Å². The van der Waals surface area contributed by atoms with Crippen LogP contribution in [-0.4, -0.2) is 33.2 Å². The van der Waals surface area contributed by atoms with Gasteiger partial charge in [-0.15, -0.1) is 0 Å². The van der Waals surface area contributed by atoms with E-state index in [1.54, 1.807) is 0 Å². The van der Waals surface area contributed by atoms with Gasteiger partial charge in [0, 0.05) is 0 Å². The first-order chi connectivity index (χ1) is 13.4. The van der Waals surface area contributed by atoms with Crippen LogP contribution in [0.5, 0.6) is 0 Å². The number of unbranched alkanes of at least 4 members (excludes halogenated alkanes) is 13. The summed E-state index contributed by atoms with van der Waals surface area (Å²) in [5, 5.41) is 27.2. The first kappa shape index (κ1) is 26.4. The van der Waals surface area contributed by atoms with E-state index in [9.17, 15) is 19.5 Å².